The fraction of sp³-hybridized carbons (Fsp3) is 0.389. The lowest BCUT2D eigenvalue weighted by atomic mass is 9.88. The lowest BCUT2D eigenvalue weighted by Crippen LogP contribution is -2.50. The number of aliphatic hydroxyl groups is 1. The Hall–Kier alpha value is -2.22. The smallest absolute Gasteiger partial charge is 0.374 e. The second-order valence-electron chi connectivity index (χ2n) is 7.38. The van der Waals surface area contributed by atoms with Gasteiger partial charge in [-0.15, -0.1) is 0 Å². The van der Waals surface area contributed by atoms with Crippen molar-refractivity contribution in [2.45, 2.75) is 31.2 Å². The number of nitrogens with two attached hydrogens (primary N) is 1. The summed E-state index contributed by atoms with van der Waals surface area (Å²) in [6.45, 7) is 0.444. The quantitative estimate of drug-likeness (QED) is 0.562. The van der Waals surface area contributed by atoms with Crippen LogP contribution in [0.2, 0.25) is 0 Å². The molecule has 4 N–H and O–H groups in total. The van der Waals surface area contributed by atoms with Crippen molar-refractivity contribution in [3.8, 4) is 11.3 Å². The van der Waals surface area contributed by atoms with E-state index in [2.05, 4.69) is 4.98 Å². The minimum Gasteiger partial charge on any atom is -0.374 e. The summed E-state index contributed by atoms with van der Waals surface area (Å²) in [5.74, 6) is -4.19. The summed E-state index contributed by atoms with van der Waals surface area (Å²) in [4.78, 5) is 3.35. The van der Waals surface area contributed by atoms with Crippen LogP contribution in [0.5, 0.6) is 0 Å². The van der Waals surface area contributed by atoms with Crippen molar-refractivity contribution < 1.29 is 39.9 Å². The third-order valence-corrected chi connectivity index (χ3v) is 5.30. The maximum Gasteiger partial charge on any atom is 0.424 e. The summed E-state index contributed by atoms with van der Waals surface area (Å²) in [5.41, 5.74) is -4.98. The van der Waals surface area contributed by atoms with Gasteiger partial charge in [0.2, 0.25) is 15.6 Å². The number of hydrogen-bond acceptors (Lipinski definition) is 5. The van der Waals surface area contributed by atoms with Crippen molar-refractivity contribution >= 4 is 10.0 Å². The van der Waals surface area contributed by atoms with E-state index in [4.69, 9.17) is 5.73 Å². The monoisotopic (exact) mass is 471 g/mol. The van der Waals surface area contributed by atoms with E-state index in [-0.39, 0.29) is 5.56 Å². The molecule has 0 saturated carbocycles. The van der Waals surface area contributed by atoms with Gasteiger partial charge < -0.3 is 10.8 Å². The molecule has 172 valence electrons. The molecule has 1 heterocycles. The van der Waals surface area contributed by atoms with Gasteiger partial charge in [0.1, 0.15) is 17.2 Å². The predicted molar refractivity (Wildman–Crippen MR) is 99.6 cm³/mol. The molecule has 0 aliphatic rings. The van der Waals surface area contributed by atoms with Crippen LogP contribution >= 0.6 is 0 Å². The first kappa shape index (κ1) is 25.0. The molecule has 0 bridgehead atoms. The Morgan fingerprint density at radius 3 is 2.00 bits per heavy atom. The highest BCUT2D eigenvalue weighted by molar-refractivity contribution is 7.88. The Kier molecular flexibility index (Phi) is 6.50. The van der Waals surface area contributed by atoms with Crippen molar-refractivity contribution in [3.63, 3.8) is 0 Å². The number of benzene rings is 1. The molecule has 31 heavy (non-hydrogen) atoms. The van der Waals surface area contributed by atoms with E-state index < -0.39 is 68.3 Å². The molecule has 1 unspecified atom stereocenters. The van der Waals surface area contributed by atoms with E-state index in [1.165, 1.54) is 0 Å². The SMILES string of the molecule is CC(C)(NS(C)(=O)=O)c1c(F)c(-c2ccc(F)cc2)nc(C(O)(CN)C(F)(F)F)c1F. The van der Waals surface area contributed by atoms with Crippen LogP contribution in [0.4, 0.5) is 26.3 Å². The molecule has 0 radical (unpaired) electrons. The molecule has 0 aliphatic heterocycles. The second kappa shape index (κ2) is 8.04. The first-order valence-corrected chi connectivity index (χ1v) is 10.5. The number of pyridine rings is 1. The zero-order valence-electron chi connectivity index (χ0n) is 16.5. The van der Waals surface area contributed by atoms with Crippen LogP contribution in [-0.4, -0.2) is 37.5 Å². The Balaban J connectivity index is 2.99. The fourth-order valence-corrected chi connectivity index (χ4v) is 4.06. The van der Waals surface area contributed by atoms with Gasteiger partial charge in [-0.2, -0.15) is 13.2 Å². The van der Waals surface area contributed by atoms with Crippen molar-refractivity contribution in [1.29, 1.82) is 0 Å². The second-order valence-corrected chi connectivity index (χ2v) is 9.13. The van der Waals surface area contributed by atoms with E-state index in [0.717, 1.165) is 38.1 Å². The summed E-state index contributed by atoms with van der Waals surface area (Å²) < 4.78 is 110. The first-order valence-electron chi connectivity index (χ1n) is 8.58. The summed E-state index contributed by atoms with van der Waals surface area (Å²) in [6, 6.07) is 3.66. The Bertz CT molecular complexity index is 1090. The predicted octanol–water partition coefficient (Wildman–Crippen LogP) is 2.66. The molecule has 13 heteroatoms. The number of sulfonamides is 1. The van der Waals surface area contributed by atoms with E-state index in [9.17, 15) is 31.1 Å². The van der Waals surface area contributed by atoms with Gasteiger partial charge in [-0.25, -0.2) is 31.3 Å². The van der Waals surface area contributed by atoms with Gasteiger partial charge in [0.15, 0.2) is 11.6 Å². The molecule has 0 amide bonds. The molecule has 0 saturated heterocycles. The molecule has 2 aromatic rings. The van der Waals surface area contributed by atoms with E-state index in [1.54, 1.807) is 0 Å². The minimum absolute atomic E-state index is 0.252. The molecule has 1 aromatic carbocycles. The molecule has 2 rings (SSSR count). The highest BCUT2D eigenvalue weighted by Crippen LogP contribution is 2.42. The Morgan fingerprint density at radius 1 is 1.06 bits per heavy atom. The number of halogens is 6. The number of rotatable bonds is 6. The van der Waals surface area contributed by atoms with E-state index in [1.807, 2.05) is 4.72 Å². The van der Waals surface area contributed by atoms with Crippen LogP contribution in [0.3, 0.4) is 0 Å². The Morgan fingerprint density at radius 2 is 1.58 bits per heavy atom. The van der Waals surface area contributed by atoms with Gasteiger partial charge >= 0.3 is 6.18 Å². The maximum atomic E-state index is 15.3. The highest BCUT2D eigenvalue weighted by atomic mass is 32.2. The van der Waals surface area contributed by atoms with Crippen LogP contribution in [0.1, 0.15) is 25.1 Å². The van der Waals surface area contributed by atoms with Gasteiger partial charge in [0.05, 0.1) is 11.8 Å². The van der Waals surface area contributed by atoms with E-state index >= 15 is 8.78 Å². The summed E-state index contributed by atoms with van der Waals surface area (Å²) in [6.07, 6.45) is -4.83. The number of nitrogens with one attached hydrogen (secondary N) is 1. The van der Waals surface area contributed by atoms with Gasteiger partial charge in [-0.05, 0) is 38.1 Å². The van der Waals surface area contributed by atoms with Gasteiger partial charge in [-0.3, -0.25) is 0 Å². The molecular weight excluding hydrogens is 452 g/mol. The zero-order valence-corrected chi connectivity index (χ0v) is 17.3. The van der Waals surface area contributed by atoms with Gasteiger partial charge in [-0.1, -0.05) is 0 Å². The summed E-state index contributed by atoms with van der Waals surface area (Å²) in [5, 5.41) is 10.2. The van der Waals surface area contributed by atoms with Crippen molar-refractivity contribution in [3.05, 3.63) is 53.0 Å². The lowest BCUT2D eigenvalue weighted by molar-refractivity contribution is -0.264. The van der Waals surface area contributed by atoms with Crippen molar-refractivity contribution in [2.75, 3.05) is 12.8 Å². The summed E-state index contributed by atoms with van der Waals surface area (Å²) >= 11 is 0. The topological polar surface area (TPSA) is 105 Å². The minimum atomic E-state index is -5.51. The molecule has 1 atom stereocenters. The van der Waals surface area contributed by atoms with Crippen LogP contribution in [-0.2, 0) is 21.2 Å². The zero-order chi connectivity index (χ0) is 24.0. The largest absolute Gasteiger partial charge is 0.424 e. The standard InChI is InChI=1S/C18H19F6N3O3S/c1-16(2,27-31(3,29)30)11-12(20)14(9-4-6-10(19)7-5-9)26-15(13(11)21)17(28,8-25)18(22,23)24/h4-7,27-28H,8,25H2,1-3H3. The maximum absolute atomic E-state index is 15.3. The van der Waals surface area contributed by atoms with Crippen LogP contribution in [0.25, 0.3) is 11.3 Å². The third-order valence-electron chi connectivity index (χ3n) is 4.42. The number of hydrogen-bond donors (Lipinski definition) is 3. The average Bonchev–Trinajstić information content (AvgIpc) is 2.59. The molecule has 1 aromatic heterocycles. The van der Waals surface area contributed by atoms with Crippen molar-refractivity contribution in [2.24, 2.45) is 5.73 Å². The summed E-state index contributed by atoms with van der Waals surface area (Å²) in [7, 11) is -4.09. The van der Waals surface area contributed by atoms with Gasteiger partial charge in [0, 0.05) is 17.7 Å². The number of nitrogens with zero attached hydrogens (tertiary/aromatic N) is 1. The molecular formula is C18H19F6N3O3S. The first-order chi connectivity index (χ1) is 13.9. The van der Waals surface area contributed by atoms with Crippen molar-refractivity contribution in [1.82, 2.24) is 9.71 Å². The molecule has 0 spiro atoms. The fourth-order valence-electron chi connectivity index (χ4n) is 3.03. The third kappa shape index (κ3) is 4.84. The molecule has 0 aliphatic carbocycles. The lowest BCUT2D eigenvalue weighted by Gasteiger charge is -2.33. The molecule has 0 fully saturated rings. The molecule has 6 nitrogen and oxygen atoms in total. The van der Waals surface area contributed by atoms with Crippen LogP contribution in [0, 0.1) is 17.5 Å². The van der Waals surface area contributed by atoms with Crippen LogP contribution < -0.4 is 10.5 Å². The number of aromatic nitrogens is 1. The average molecular weight is 471 g/mol. The highest BCUT2D eigenvalue weighted by Gasteiger charge is 2.57. The van der Waals surface area contributed by atoms with E-state index in [0.29, 0.717) is 6.26 Å². The normalized spacial score (nSPS) is 15.1. The van der Waals surface area contributed by atoms with Crippen LogP contribution in [0.15, 0.2) is 24.3 Å². The number of alkyl halides is 3. The Labute approximate surface area is 174 Å². The van der Waals surface area contributed by atoms with Gasteiger partial charge in [0.25, 0.3) is 0 Å².